The minimum absolute atomic E-state index is 0.160. The van der Waals surface area contributed by atoms with Crippen LogP contribution in [0.15, 0.2) is 42.6 Å². The summed E-state index contributed by atoms with van der Waals surface area (Å²) in [5.41, 5.74) is 1.04. The lowest BCUT2D eigenvalue weighted by atomic mass is 10.2. The molecule has 0 fully saturated rings. The number of hydrogen-bond acceptors (Lipinski definition) is 4. The van der Waals surface area contributed by atoms with E-state index >= 15 is 0 Å². The van der Waals surface area contributed by atoms with Gasteiger partial charge in [0.15, 0.2) is 17.3 Å². The Morgan fingerprint density at radius 2 is 2.05 bits per heavy atom. The topological polar surface area (TPSA) is 56.5 Å². The molecule has 20 heavy (non-hydrogen) atoms. The first kappa shape index (κ1) is 12.3. The Labute approximate surface area is 113 Å². The molecular formula is C14H10FN3O2. The summed E-state index contributed by atoms with van der Waals surface area (Å²) in [5.74, 6) is -0.977. The van der Waals surface area contributed by atoms with Gasteiger partial charge in [-0.05, 0) is 0 Å². The van der Waals surface area contributed by atoms with Crippen molar-refractivity contribution >= 4 is 11.6 Å². The molecule has 0 saturated heterocycles. The highest BCUT2D eigenvalue weighted by atomic mass is 19.1. The first-order chi connectivity index (χ1) is 9.69. The van der Waals surface area contributed by atoms with Gasteiger partial charge in [-0.3, -0.25) is 0 Å². The SMILES string of the molecule is COC(=O)c1cc2nc(-c3ccccc3)nn2cc1F. The number of esters is 1. The quantitative estimate of drug-likeness (QED) is 0.671. The van der Waals surface area contributed by atoms with Crippen LogP contribution in [-0.2, 0) is 4.74 Å². The largest absolute Gasteiger partial charge is 0.465 e. The van der Waals surface area contributed by atoms with Crippen molar-refractivity contribution in [2.45, 2.75) is 0 Å². The average molecular weight is 271 g/mol. The van der Waals surface area contributed by atoms with Crippen molar-refractivity contribution in [2.75, 3.05) is 7.11 Å². The second-order valence-corrected chi connectivity index (χ2v) is 4.13. The van der Waals surface area contributed by atoms with Crippen molar-refractivity contribution in [1.29, 1.82) is 0 Å². The Balaban J connectivity index is 2.15. The van der Waals surface area contributed by atoms with E-state index in [1.165, 1.54) is 17.7 Å². The van der Waals surface area contributed by atoms with Crippen molar-refractivity contribution in [1.82, 2.24) is 14.6 Å². The van der Waals surface area contributed by atoms with Crippen molar-refractivity contribution in [3.05, 3.63) is 54.0 Å². The fourth-order valence-electron chi connectivity index (χ4n) is 1.88. The van der Waals surface area contributed by atoms with Gasteiger partial charge in [-0.2, -0.15) is 0 Å². The second-order valence-electron chi connectivity index (χ2n) is 4.13. The lowest BCUT2D eigenvalue weighted by molar-refractivity contribution is 0.0595. The van der Waals surface area contributed by atoms with E-state index in [0.717, 1.165) is 11.8 Å². The molecule has 1 aromatic carbocycles. The van der Waals surface area contributed by atoms with Crippen LogP contribution in [0.1, 0.15) is 10.4 Å². The van der Waals surface area contributed by atoms with E-state index < -0.39 is 11.8 Å². The molecule has 0 aliphatic carbocycles. The maximum absolute atomic E-state index is 13.8. The third-order valence-electron chi connectivity index (χ3n) is 2.86. The van der Waals surface area contributed by atoms with E-state index in [1.807, 2.05) is 30.3 Å². The number of ether oxygens (including phenoxy) is 1. The molecular weight excluding hydrogens is 261 g/mol. The summed E-state index contributed by atoms with van der Waals surface area (Å²) in [6.45, 7) is 0. The molecule has 0 spiro atoms. The van der Waals surface area contributed by atoms with E-state index in [0.29, 0.717) is 11.5 Å². The summed E-state index contributed by atoms with van der Waals surface area (Å²) < 4.78 is 19.6. The van der Waals surface area contributed by atoms with Crippen LogP contribution in [0.5, 0.6) is 0 Å². The van der Waals surface area contributed by atoms with Crippen LogP contribution >= 0.6 is 0 Å². The van der Waals surface area contributed by atoms with Gasteiger partial charge in [0.05, 0.1) is 13.3 Å². The highest BCUT2D eigenvalue weighted by Crippen LogP contribution is 2.18. The molecule has 0 unspecified atom stereocenters. The molecule has 0 N–H and O–H groups in total. The van der Waals surface area contributed by atoms with Crippen molar-refractivity contribution in [2.24, 2.45) is 0 Å². The standard InChI is InChI=1S/C14H10FN3O2/c1-20-14(19)10-7-12-16-13(9-5-3-2-4-6-9)17-18(12)8-11(10)15/h2-8H,1H3. The molecule has 100 valence electrons. The van der Waals surface area contributed by atoms with E-state index in [-0.39, 0.29) is 5.56 Å². The molecule has 6 heteroatoms. The maximum Gasteiger partial charge on any atom is 0.341 e. The number of fused-ring (bicyclic) bond motifs is 1. The minimum Gasteiger partial charge on any atom is -0.465 e. The molecule has 5 nitrogen and oxygen atoms in total. The summed E-state index contributed by atoms with van der Waals surface area (Å²) in [6.07, 6.45) is 1.11. The highest BCUT2D eigenvalue weighted by Gasteiger charge is 2.16. The lowest BCUT2D eigenvalue weighted by Crippen LogP contribution is -2.06. The summed E-state index contributed by atoms with van der Waals surface area (Å²) in [4.78, 5) is 15.7. The molecule has 0 saturated carbocycles. The third kappa shape index (κ3) is 2.01. The summed E-state index contributed by atoms with van der Waals surface area (Å²) in [6, 6.07) is 10.6. The molecule has 0 amide bonds. The van der Waals surface area contributed by atoms with Gasteiger partial charge < -0.3 is 4.74 Å². The zero-order valence-electron chi connectivity index (χ0n) is 10.6. The first-order valence-electron chi connectivity index (χ1n) is 5.88. The summed E-state index contributed by atoms with van der Waals surface area (Å²) >= 11 is 0. The zero-order valence-corrected chi connectivity index (χ0v) is 10.6. The number of methoxy groups -OCH3 is 1. The van der Waals surface area contributed by atoms with Crippen molar-refractivity contribution < 1.29 is 13.9 Å². The second kappa shape index (κ2) is 4.73. The fraction of sp³-hybridized carbons (Fsp3) is 0.0714. The molecule has 0 bridgehead atoms. The summed E-state index contributed by atoms with van der Waals surface area (Å²) in [7, 11) is 1.20. The van der Waals surface area contributed by atoms with Gasteiger partial charge in [0.25, 0.3) is 0 Å². The van der Waals surface area contributed by atoms with Gasteiger partial charge in [0, 0.05) is 11.6 Å². The van der Waals surface area contributed by atoms with Gasteiger partial charge in [0.2, 0.25) is 0 Å². The van der Waals surface area contributed by atoms with Crippen LogP contribution in [0.3, 0.4) is 0 Å². The van der Waals surface area contributed by atoms with Gasteiger partial charge in [-0.25, -0.2) is 18.7 Å². The fourth-order valence-corrected chi connectivity index (χ4v) is 1.88. The van der Waals surface area contributed by atoms with Crippen molar-refractivity contribution in [3.8, 4) is 11.4 Å². The Kier molecular flexibility index (Phi) is 2.90. The van der Waals surface area contributed by atoms with E-state index in [2.05, 4.69) is 14.8 Å². The first-order valence-corrected chi connectivity index (χ1v) is 5.88. The number of nitrogens with zero attached hydrogens (tertiary/aromatic N) is 3. The molecule has 0 aliphatic heterocycles. The average Bonchev–Trinajstić information content (AvgIpc) is 2.89. The number of carbonyl (C=O) groups is 1. The number of aromatic nitrogens is 3. The Morgan fingerprint density at radius 3 is 2.75 bits per heavy atom. The molecule has 3 aromatic rings. The molecule has 2 heterocycles. The zero-order chi connectivity index (χ0) is 14.1. The van der Waals surface area contributed by atoms with E-state index in [1.54, 1.807) is 0 Å². The van der Waals surface area contributed by atoms with Crippen LogP contribution in [0.25, 0.3) is 17.0 Å². The molecule has 2 aromatic heterocycles. The molecule has 0 aliphatic rings. The normalized spacial score (nSPS) is 10.7. The van der Waals surface area contributed by atoms with Gasteiger partial charge in [-0.1, -0.05) is 30.3 Å². The van der Waals surface area contributed by atoms with E-state index in [9.17, 15) is 9.18 Å². The number of halogens is 1. The predicted molar refractivity (Wildman–Crippen MR) is 69.7 cm³/mol. The van der Waals surface area contributed by atoms with Crippen LogP contribution in [0.4, 0.5) is 4.39 Å². The Bertz CT molecular complexity index is 784. The number of carbonyl (C=O) groups excluding carboxylic acids is 1. The van der Waals surface area contributed by atoms with Gasteiger partial charge in [0.1, 0.15) is 5.56 Å². The van der Waals surface area contributed by atoms with Gasteiger partial charge in [-0.15, -0.1) is 5.10 Å². The lowest BCUT2D eigenvalue weighted by Gasteiger charge is -2.00. The monoisotopic (exact) mass is 271 g/mol. The minimum atomic E-state index is -0.741. The van der Waals surface area contributed by atoms with Gasteiger partial charge >= 0.3 is 5.97 Å². The Morgan fingerprint density at radius 1 is 1.30 bits per heavy atom. The van der Waals surface area contributed by atoms with Crippen LogP contribution in [0, 0.1) is 5.82 Å². The number of rotatable bonds is 2. The van der Waals surface area contributed by atoms with Crippen LogP contribution in [0.2, 0.25) is 0 Å². The van der Waals surface area contributed by atoms with Crippen LogP contribution < -0.4 is 0 Å². The number of pyridine rings is 1. The number of benzene rings is 1. The van der Waals surface area contributed by atoms with Crippen molar-refractivity contribution in [3.63, 3.8) is 0 Å². The summed E-state index contributed by atoms with van der Waals surface area (Å²) in [5, 5.41) is 4.18. The number of hydrogen-bond donors (Lipinski definition) is 0. The maximum atomic E-state index is 13.8. The highest BCUT2D eigenvalue weighted by molar-refractivity contribution is 5.90. The van der Waals surface area contributed by atoms with E-state index in [4.69, 9.17) is 0 Å². The third-order valence-corrected chi connectivity index (χ3v) is 2.86. The molecule has 0 atom stereocenters. The molecule has 0 radical (unpaired) electrons. The van der Waals surface area contributed by atoms with Crippen LogP contribution in [-0.4, -0.2) is 27.7 Å². The Hall–Kier alpha value is -2.76. The smallest absolute Gasteiger partial charge is 0.341 e. The molecule has 3 rings (SSSR count). The predicted octanol–water partition coefficient (Wildman–Crippen LogP) is 2.32.